The lowest BCUT2D eigenvalue weighted by molar-refractivity contribution is -0.163. The molecule has 0 bridgehead atoms. The number of ether oxygens (including phenoxy) is 1. The van der Waals surface area contributed by atoms with Crippen molar-refractivity contribution >= 4 is 23.6 Å². The number of hydrogen-bond acceptors (Lipinski definition) is 5. The fourth-order valence-electron chi connectivity index (χ4n) is 2.76. The van der Waals surface area contributed by atoms with Crippen LogP contribution in [-0.4, -0.2) is 41.1 Å². The molecule has 23 heavy (non-hydrogen) atoms. The van der Waals surface area contributed by atoms with E-state index in [1.165, 1.54) is 6.92 Å². The molecular formula is C17H19NO5. The number of carbonyl (C=O) groups excluding carboxylic acids is 4. The first-order valence-electron chi connectivity index (χ1n) is 7.55. The van der Waals surface area contributed by atoms with Crippen LogP contribution in [0.15, 0.2) is 30.3 Å². The van der Waals surface area contributed by atoms with Crippen molar-refractivity contribution in [3.8, 4) is 0 Å². The summed E-state index contributed by atoms with van der Waals surface area (Å²) in [5, 5.41) is 0. The third kappa shape index (κ3) is 3.47. The number of imide groups is 1. The Morgan fingerprint density at radius 3 is 2.39 bits per heavy atom. The highest BCUT2D eigenvalue weighted by molar-refractivity contribution is 6.14. The molecule has 0 aliphatic carbocycles. The van der Waals surface area contributed by atoms with Crippen molar-refractivity contribution in [1.82, 2.24) is 4.90 Å². The molecule has 6 nitrogen and oxygen atoms in total. The number of Topliss-reactive ketones (excluding diaryl/α,β-unsaturated/α-hetero) is 1. The molecular weight excluding hydrogens is 298 g/mol. The monoisotopic (exact) mass is 317 g/mol. The quantitative estimate of drug-likeness (QED) is 0.452. The van der Waals surface area contributed by atoms with E-state index in [2.05, 4.69) is 0 Å². The Labute approximate surface area is 134 Å². The normalized spacial score (nSPS) is 19.9. The number of hydrogen-bond donors (Lipinski definition) is 0. The molecule has 2 amide bonds. The molecule has 0 spiro atoms. The van der Waals surface area contributed by atoms with E-state index in [-0.39, 0.29) is 25.2 Å². The third-order valence-electron chi connectivity index (χ3n) is 3.84. The second kappa shape index (κ2) is 7.17. The van der Waals surface area contributed by atoms with Gasteiger partial charge in [-0.15, -0.1) is 0 Å². The topological polar surface area (TPSA) is 80.8 Å². The molecule has 1 aromatic carbocycles. The molecule has 0 saturated carbocycles. The number of nitrogens with zero attached hydrogens (tertiary/aromatic N) is 1. The van der Waals surface area contributed by atoms with E-state index in [9.17, 15) is 19.2 Å². The minimum atomic E-state index is -0.836. The molecule has 2 rings (SSSR count). The summed E-state index contributed by atoms with van der Waals surface area (Å²) in [4.78, 5) is 48.8. The minimum Gasteiger partial charge on any atom is -0.466 e. The van der Waals surface area contributed by atoms with Crippen LogP contribution in [0.25, 0.3) is 0 Å². The lowest BCUT2D eigenvalue weighted by Gasteiger charge is -2.44. The second-order valence-electron chi connectivity index (χ2n) is 5.35. The van der Waals surface area contributed by atoms with E-state index >= 15 is 0 Å². The Balaban J connectivity index is 2.14. The summed E-state index contributed by atoms with van der Waals surface area (Å²) in [5.74, 6) is -2.22. The van der Waals surface area contributed by atoms with Gasteiger partial charge >= 0.3 is 5.97 Å². The Morgan fingerprint density at radius 1 is 1.17 bits per heavy atom. The second-order valence-corrected chi connectivity index (χ2v) is 5.35. The van der Waals surface area contributed by atoms with Gasteiger partial charge in [0.25, 0.3) is 0 Å². The van der Waals surface area contributed by atoms with Crippen LogP contribution < -0.4 is 0 Å². The Kier molecular flexibility index (Phi) is 5.26. The highest BCUT2D eigenvalue weighted by Gasteiger charge is 2.52. The largest absolute Gasteiger partial charge is 0.466 e. The standard InChI is InChI=1S/C17H19NO5/c1-3-23-14(20)10-9-13-15(18(11(2)19)17(13)22)16(21)12-7-5-4-6-8-12/h4-8,13,15H,3,9-10H2,1-2H3. The van der Waals surface area contributed by atoms with Crippen molar-refractivity contribution in [3.63, 3.8) is 0 Å². The minimum absolute atomic E-state index is 0.0502. The average Bonchev–Trinajstić information content (AvgIpc) is 2.52. The molecule has 1 heterocycles. The number of benzene rings is 1. The summed E-state index contributed by atoms with van der Waals surface area (Å²) in [6.07, 6.45) is 0.249. The number of amides is 2. The van der Waals surface area contributed by atoms with E-state index < -0.39 is 29.7 Å². The van der Waals surface area contributed by atoms with Crippen LogP contribution in [-0.2, 0) is 19.1 Å². The number of ketones is 1. The molecule has 2 unspecified atom stereocenters. The summed E-state index contributed by atoms with van der Waals surface area (Å²) >= 11 is 0. The van der Waals surface area contributed by atoms with Gasteiger partial charge in [-0.25, -0.2) is 0 Å². The lowest BCUT2D eigenvalue weighted by atomic mass is 9.79. The van der Waals surface area contributed by atoms with Gasteiger partial charge in [-0.1, -0.05) is 30.3 Å². The van der Waals surface area contributed by atoms with Gasteiger partial charge < -0.3 is 4.74 Å². The predicted molar refractivity (Wildman–Crippen MR) is 81.4 cm³/mol. The first kappa shape index (κ1) is 16.9. The molecule has 1 aliphatic heterocycles. The zero-order valence-electron chi connectivity index (χ0n) is 13.2. The molecule has 2 atom stereocenters. The Hall–Kier alpha value is -2.50. The van der Waals surface area contributed by atoms with Crippen molar-refractivity contribution in [2.75, 3.05) is 6.61 Å². The van der Waals surface area contributed by atoms with E-state index in [0.717, 1.165) is 4.90 Å². The fourth-order valence-corrected chi connectivity index (χ4v) is 2.76. The molecule has 1 aromatic rings. The summed E-state index contributed by atoms with van der Waals surface area (Å²) < 4.78 is 4.84. The molecule has 0 N–H and O–H groups in total. The SMILES string of the molecule is CCOC(=O)CCC1C(=O)N(C(C)=O)C1C(=O)c1ccccc1. The first-order valence-corrected chi connectivity index (χ1v) is 7.55. The van der Waals surface area contributed by atoms with Gasteiger partial charge in [-0.05, 0) is 13.3 Å². The maximum absolute atomic E-state index is 12.6. The van der Waals surface area contributed by atoms with Gasteiger partial charge in [0.15, 0.2) is 5.78 Å². The van der Waals surface area contributed by atoms with Crippen LogP contribution in [0.3, 0.4) is 0 Å². The van der Waals surface area contributed by atoms with Crippen LogP contribution in [0.1, 0.15) is 37.0 Å². The summed E-state index contributed by atoms with van der Waals surface area (Å²) in [6.45, 7) is 3.22. The summed E-state index contributed by atoms with van der Waals surface area (Å²) in [7, 11) is 0. The molecule has 0 aromatic heterocycles. The Morgan fingerprint density at radius 2 is 1.83 bits per heavy atom. The van der Waals surface area contributed by atoms with Crippen molar-refractivity contribution < 1.29 is 23.9 Å². The molecule has 122 valence electrons. The fraction of sp³-hybridized carbons (Fsp3) is 0.412. The number of β-lactam (4-membered cyclic amide) rings is 1. The van der Waals surface area contributed by atoms with Gasteiger partial charge in [0.2, 0.25) is 11.8 Å². The van der Waals surface area contributed by atoms with Crippen LogP contribution >= 0.6 is 0 Å². The molecule has 1 aliphatic rings. The van der Waals surface area contributed by atoms with E-state index in [1.54, 1.807) is 37.3 Å². The summed E-state index contributed by atoms with van der Waals surface area (Å²) in [5.41, 5.74) is 0.442. The van der Waals surface area contributed by atoms with Crippen LogP contribution in [0.4, 0.5) is 0 Å². The lowest BCUT2D eigenvalue weighted by Crippen LogP contribution is -2.65. The maximum Gasteiger partial charge on any atom is 0.305 e. The maximum atomic E-state index is 12.6. The number of carbonyl (C=O) groups is 4. The van der Waals surface area contributed by atoms with E-state index in [4.69, 9.17) is 4.74 Å². The summed E-state index contributed by atoms with van der Waals surface area (Å²) in [6, 6.07) is 7.68. The van der Waals surface area contributed by atoms with Crippen LogP contribution in [0, 0.1) is 5.92 Å². The van der Waals surface area contributed by atoms with Gasteiger partial charge in [0, 0.05) is 18.9 Å². The highest BCUT2D eigenvalue weighted by atomic mass is 16.5. The van der Waals surface area contributed by atoms with E-state index in [0.29, 0.717) is 5.56 Å². The van der Waals surface area contributed by atoms with Gasteiger partial charge in [0.05, 0.1) is 12.5 Å². The van der Waals surface area contributed by atoms with E-state index in [1.807, 2.05) is 0 Å². The van der Waals surface area contributed by atoms with Crippen LogP contribution in [0.2, 0.25) is 0 Å². The van der Waals surface area contributed by atoms with Crippen molar-refractivity contribution in [3.05, 3.63) is 35.9 Å². The van der Waals surface area contributed by atoms with Crippen molar-refractivity contribution in [2.24, 2.45) is 5.92 Å². The average molecular weight is 317 g/mol. The van der Waals surface area contributed by atoms with Crippen LogP contribution in [0.5, 0.6) is 0 Å². The number of likely N-dealkylation sites (tertiary alicyclic amines) is 1. The van der Waals surface area contributed by atoms with Gasteiger partial charge in [-0.2, -0.15) is 0 Å². The molecule has 0 radical (unpaired) electrons. The zero-order chi connectivity index (χ0) is 17.0. The van der Waals surface area contributed by atoms with Crippen molar-refractivity contribution in [2.45, 2.75) is 32.7 Å². The molecule has 6 heteroatoms. The predicted octanol–water partition coefficient (Wildman–Crippen LogP) is 1.59. The first-order chi connectivity index (χ1) is 11.0. The molecule has 1 fully saturated rings. The smallest absolute Gasteiger partial charge is 0.305 e. The van der Waals surface area contributed by atoms with Gasteiger partial charge in [-0.3, -0.25) is 24.1 Å². The Bertz CT molecular complexity index is 625. The third-order valence-corrected chi connectivity index (χ3v) is 3.84. The number of rotatable bonds is 6. The zero-order valence-corrected chi connectivity index (χ0v) is 13.2. The number of esters is 1. The molecule has 1 saturated heterocycles. The van der Waals surface area contributed by atoms with Gasteiger partial charge in [0.1, 0.15) is 6.04 Å². The highest BCUT2D eigenvalue weighted by Crippen LogP contribution is 2.33. The van der Waals surface area contributed by atoms with Crippen molar-refractivity contribution in [1.29, 1.82) is 0 Å².